The number of aromatic nitrogens is 3. The summed E-state index contributed by atoms with van der Waals surface area (Å²) in [6.07, 6.45) is 0. The van der Waals surface area contributed by atoms with Gasteiger partial charge in [-0.3, -0.25) is 10.2 Å². The smallest absolute Gasteiger partial charge is 0.293 e. The summed E-state index contributed by atoms with van der Waals surface area (Å²) < 4.78 is 25.2. The van der Waals surface area contributed by atoms with Crippen LogP contribution in [0.15, 0.2) is 14.4 Å². The summed E-state index contributed by atoms with van der Waals surface area (Å²) in [5, 5.41) is 0. The monoisotopic (exact) mass is 321 g/mol. The number of carbonyl (C=O) groups is 1. The van der Waals surface area contributed by atoms with Crippen LogP contribution in [0.5, 0.6) is 0 Å². The average Bonchev–Trinajstić information content (AvgIpc) is 2.42. The standard InChI is InChI=1S/C9H15N5O6S/c1-12-7(16)13(2)9(18)14(8(12)17)3-4-21(19,20)5-6(15)11-10/h3-5,10H2,1-2H3,(H,11,15). The van der Waals surface area contributed by atoms with Gasteiger partial charge in [-0.2, -0.15) is 0 Å². The van der Waals surface area contributed by atoms with E-state index in [0.717, 1.165) is 14.1 Å². The Morgan fingerprint density at radius 2 is 1.57 bits per heavy atom. The Bertz CT molecular complexity index is 789. The predicted octanol–water partition coefficient (Wildman–Crippen LogP) is -4.35. The molecule has 0 radical (unpaired) electrons. The van der Waals surface area contributed by atoms with Crippen molar-refractivity contribution in [3.05, 3.63) is 31.5 Å². The average molecular weight is 321 g/mol. The third-order valence-electron chi connectivity index (χ3n) is 2.75. The van der Waals surface area contributed by atoms with Gasteiger partial charge in [-0.15, -0.1) is 0 Å². The Morgan fingerprint density at radius 3 is 2.00 bits per heavy atom. The highest BCUT2D eigenvalue weighted by atomic mass is 32.2. The van der Waals surface area contributed by atoms with Crippen LogP contribution in [0, 0.1) is 0 Å². The van der Waals surface area contributed by atoms with E-state index in [4.69, 9.17) is 5.84 Å². The molecule has 1 aromatic rings. The number of hydrazine groups is 1. The molecule has 1 rings (SSSR count). The van der Waals surface area contributed by atoms with Crippen LogP contribution >= 0.6 is 0 Å². The Labute approximate surface area is 118 Å². The normalized spacial score (nSPS) is 11.4. The molecule has 0 bridgehead atoms. The first-order valence-corrected chi connectivity index (χ1v) is 7.49. The van der Waals surface area contributed by atoms with Gasteiger partial charge in [0.05, 0.1) is 5.75 Å². The molecule has 0 aliphatic heterocycles. The van der Waals surface area contributed by atoms with Crippen molar-refractivity contribution in [2.45, 2.75) is 6.54 Å². The fourth-order valence-electron chi connectivity index (χ4n) is 1.57. The summed E-state index contributed by atoms with van der Waals surface area (Å²) in [6, 6.07) is 0. The Morgan fingerprint density at radius 1 is 1.10 bits per heavy atom. The number of nitrogens with one attached hydrogen (secondary N) is 1. The highest BCUT2D eigenvalue weighted by Gasteiger charge is 2.18. The second-order valence-corrected chi connectivity index (χ2v) is 6.46. The van der Waals surface area contributed by atoms with Crippen molar-refractivity contribution in [1.29, 1.82) is 0 Å². The first kappa shape index (κ1) is 16.8. The molecule has 3 N–H and O–H groups in total. The van der Waals surface area contributed by atoms with Crippen molar-refractivity contribution in [1.82, 2.24) is 19.1 Å². The van der Waals surface area contributed by atoms with E-state index in [2.05, 4.69) is 0 Å². The number of nitrogens with two attached hydrogens (primary N) is 1. The van der Waals surface area contributed by atoms with Crippen molar-refractivity contribution in [2.24, 2.45) is 19.9 Å². The van der Waals surface area contributed by atoms with Crippen LogP contribution in [0.3, 0.4) is 0 Å². The molecule has 118 valence electrons. The van der Waals surface area contributed by atoms with Gasteiger partial charge in [-0.1, -0.05) is 0 Å². The Hall–Kier alpha value is -2.21. The summed E-state index contributed by atoms with van der Waals surface area (Å²) in [6.45, 7) is -0.472. The molecular weight excluding hydrogens is 306 g/mol. The van der Waals surface area contributed by atoms with Crippen LogP contribution in [0.25, 0.3) is 0 Å². The fraction of sp³-hybridized carbons (Fsp3) is 0.556. The highest BCUT2D eigenvalue weighted by Crippen LogP contribution is 1.91. The third-order valence-corrected chi connectivity index (χ3v) is 4.25. The second-order valence-electron chi connectivity index (χ2n) is 4.28. The molecule has 0 aromatic carbocycles. The van der Waals surface area contributed by atoms with E-state index in [1.807, 2.05) is 0 Å². The summed E-state index contributed by atoms with van der Waals surface area (Å²) in [7, 11) is -1.52. The fourth-order valence-corrected chi connectivity index (χ4v) is 2.66. The minimum atomic E-state index is -3.85. The summed E-state index contributed by atoms with van der Waals surface area (Å²) >= 11 is 0. The molecule has 1 heterocycles. The number of rotatable bonds is 5. The van der Waals surface area contributed by atoms with Crippen LogP contribution in [-0.2, 0) is 35.3 Å². The molecule has 0 unspecified atom stereocenters. The zero-order chi connectivity index (χ0) is 16.4. The SMILES string of the molecule is Cn1c(=O)n(C)c(=O)n(CCS(=O)(=O)CC(=O)NN)c1=O. The van der Waals surface area contributed by atoms with Gasteiger partial charge >= 0.3 is 17.1 Å². The highest BCUT2D eigenvalue weighted by molar-refractivity contribution is 7.92. The molecule has 21 heavy (non-hydrogen) atoms. The lowest BCUT2D eigenvalue weighted by Gasteiger charge is -2.09. The molecule has 0 saturated heterocycles. The van der Waals surface area contributed by atoms with Crippen LogP contribution < -0.4 is 28.3 Å². The molecule has 0 aliphatic carbocycles. The van der Waals surface area contributed by atoms with E-state index in [-0.39, 0.29) is 0 Å². The minimum absolute atomic E-state index is 0.472. The van der Waals surface area contributed by atoms with Crippen molar-refractivity contribution < 1.29 is 13.2 Å². The molecule has 0 fully saturated rings. The largest absolute Gasteiger partial charge is 0.336 e. The molecule has 1 amide bonds. The number of amides is 1. The first-order chi connectivity index (χ1) is 9.60. The molecule has 0 aliphatic rings. The number of carbonyl (C=O) groups excluding carboxylic acids is 1. The van der Waals surface area contributed by atoms with Gasteiger partial charge in [0.1, 0.15) is 5.75 Å². The van der Waals surface area contributed by atoms with Gasteiger partial charge in [0, 0.05) is 20.6 Å². The van der Waals surface area contributed by atoms with Crippen LogP contribution in [0.1, 0.15) is 0 Å². The van der Waals surface area contributed by atoms with Gasteiger partial charge in [-0.25, -0.2) is 42.3 Å². The molecular formula is C9H15N5O6S. The molecule has 0 atom stereocenters. The lowest BCUT2D eigenvalue weighted by atomic mass is 10.7. The van der Waals surface area contributed by atoms with Crippen molar-refractivity contribution >= 4 is 15.7 Å². The van der Waals surface area contributed by atoms with Crippen LogP contribution in [-0.4, -0.2) is 39.5 Å². The number of nitrogens with zero attached hydrogens (tertiary/aromatic N) is 3. The predicted molar refractivity (Wildman–Crippen MR) is 72.2 cm³/mol. The Kier molecular flexibility index (Phi) is 4.85. The molecule has 11 nitrogen and oxygen atoms in total. The zero-order valence-electron chi connectivity index (χ0n) is 11.4. The van der Waals surface area contributed by atoms with Gasteiger partial charge in [0.2, 0.25) is 5.91 Å². The lowest BCUT2D eigenvalue weighted by molar-refractivity contribution is -0.118. The number of hydrogen-bond donors (Lipinski definition) is 2. The summed E-state index contributed by atoms with van der Waals surface area (Å²) in [5.74, 6) is 2.40. The topological polar surface area (TPSA) is 155 Å². The summed E-state index contributed by atoms with van der Waals surface area (Å²) in [4.78, 5) is 46.0. The maximum atomic E-state index is 11.8. The molecule has 0 spiro atoms. The third kappa shape index (κ3) is 3.66. The van der Waals surface area contributed by atoms with Gasteiger partial charge < -0.3 is 0 Å². The minimum Gasteiger partial charge on any atom is -0.293 e. The van der Waals surface area contributed by atoms with Gasteiger partial charge in [-0.05, 0) is 0 Å². The molecule has 12 heteroatoms. The molecule has 1 aromatic heterocycles. The van der Waals surface area contributed by atoms with Crippen molar-refractivity contribution in [3.8, 4) is 0 Å². The quantitative estimate of drug-likeness (QED) is 0.315. The van der Waals surface area contributed by atoms with E-state index >= 15 is 0 Å². The van der Waals surface area contributed by atoms with E-state index in [1.165, 1.54) is 0 Å². The van der Waals surface area contributed by atoms with Crippen LogP contribution in [0.4, 0.5) is 0 Å². The van der Waals surface area contributed by atoms with E-state index in [9.17, 15) is 27.6 Å². The maximum absolute atomic E-state index is 11.8. The van der Waals surface area contributed by atoms with Crippen molar-refractivity contribution in [2.75, 3.05) is 11.5 Å². The van der Waals surface area contributed by atoms with E-state index < -0.39 is 50.9 Å². The molecule has 0 saturated carbocycles. The second kappa shape index (κ2) is 6.05. The van der Waals surface area contributed by atoms with E-state index in [0.29, 0.717) is 13.7 Å². The Balaban J connectivity index is 3.12. The number of hydrogen-bond acceptors (Lipinski definition) is 7. The summed E-state index contributed by atoms with van der Waals surface area (Å²) in [5.41, 5.74) is -1.00. The van der Waals surface area contributed by atoms with Crippen LogP contribution in [0.2, 0.25) is 0 Å². The number of sulfone groups is 1. The van der Waals surface area contributed by atoms with E-state index in [1.54, 1.807) is 5.43 Å². The van der Waals surface area contributed by atoms with Gasteiger partial charge in [0.25, 0.3) is 0 Å². The zero-order valence-corrected chi connectivity index (χ0v) is 12.2. The maximum Gasteiger partial charge on any atom is 0.336 e. The first-order valence-electron chi connectivity index (χ1n) is 5.67. The van der Waals surface area contributed by atoms with Gasteiger partial charge in [0.15, 0.2) is 9.84 Å². The lowest BCUT2D eigenvalue weighted by Crippen LogP contribution is -2.53. The van der Waals surface area contributed by atoms with Crippen molar-refractivity contribution in [3.63, 3.8) is 0 Å².